The second-order valence-corrected chi connectivity index (χ2v) is 4.04. The fourth-order valence-corrected chi connectivity index (χ4v) is 1.87. The highest BCUT2D eigenvalue weighted by atomic mass is 15.1. The van der Waals surface area contributed by atoms with Gasteiger partial charge in [0.25, 0.3) is 0 Å². The predicted octanol–water partition coefficient (Wildman–Crippen LogP) is 1.32. The third kappa shape index (κ3) is 2.04. The van der Waals surface area contributed by atoms with Crippen molar-refractivity contribution in [2.45, 2.75) is 25.8 Å². The van der Waals surface area contributed by atoms with Crippen molar-refractivity contribution < 1.29 is 0 Å². The van der Waals surface area contributed by atoms with E-state index in [1.54, 1.807) is 0 Å². The number of hydrogen-bond acceptors (Lipinski definition) is 3. The number of pyridine rings is 1. The maximum Gasteiger partial charge on any atom is 0.0555 e. The van der Waals surface area contributed by atoms with Crippen LogP contribution in [0.25, 0.3) is 0 Å². The third-order valence-electron chi connectivity index (χ3n) is 2.77. The van der Waals surface area contributed by atoms with Gasteiger partial charge in [0.15, 0.2) is 0 Å². The molecular weight excluding hydrogens is 174 g/mol. The molecule has 0 radical (unpaired) electrons. The SMILES string of the molecule is Cc1cncc(N2CCC(N)CC2)c1. The minimum atomic E-state index is 0.393. The van der Waals surface area contributed by atoms with Gasteiger partial charge in [-0.2, -0.15) is 0 Å². The smallest absolute Gasteiger partial charge is 0.0555 e. The summed E-state index contributed by atoms with van der Waals surface area (Å²) in [5.74, 6) is 0. The first-order valence-corrected chi connectivity index (χ1v) is 5.18. The van der Waals surface area contributed by atoms with E-state index in [2.05, 4.69) is 22.9 Å². The summed E-state index contributed by atoms with van der Waals surface area (Å²) in [4.78, 5) is 6.57. The van der Waals surface area contributed by atoms with Crippen molar-refractivity contribution in [1.29, 1.82) is 0 Å². The topological polar surface area (TPSA) is 42.2 Å². The van der Waals surface area contributed by atoms with Crippen LogP contribution in [0.1, 0.15) is 18.4 Å². The molecule has 1 saturated heterocycles. The largest absolute Gasteiger partial charge is 0.370 e. The monoisotopic (exact) mass is 191 g/mol. The summed E-state index contributed by atoms with van der Waals surface area (Å²) in [5, 5.41) is 0. The van der Waals surface area contributed by atoms with Crippen LogP contribution in [0.15, 0.2) is 18.5 Å². The minimum Gasteiger partial charge on any atom is -0.370 e. The van der Waals surface area contributed by atoms with Crippen LogP contribution in [0, 0.1) is 6.92 Å². The number of nitrogens with two attached hydrogens (primary N) is 1. The Balaban J connectivity index is 2.08. The molecule has 3 heteroatoms. The Morgan fingerprint density at radius 3 is 2.71 bits per heavy atom. The number of rotatable bonds is 1. The van der Waals surface area contributed by atoms with E-state index in [-0.39, 0.29) is 0 Å². The molecule has 1 aromatic rings. The highest BCUT2D eigenvalue weighted by molar-refractivity contribution is 5.46. The molecule has 1 aliphatic rings. The molecule has 0 saturated carbocycles. The van der Waals surface area contributed by atoms with Crippen molar-refractivity contribution >= 4 is 5.69 Å². The summed E-state index contributed by atoms with van der Waals surface area (Å²) >= 11 is 0. The lowest BCUT2D eigenvalue weighted by molar-refractivity contribution is 0.501. The van der Waals surface area contributed by atoms with E-state index in [1.165, 1.54) is 11.3 Å². The highest BCUT2D eigenvalue weighted by Crippen LogP contribution is 2.18. The average Bonchev–Trinajstić information content (AvgIpc) is 2.19. The molecule has 2 heterocycles. The molecule has 0 amide bonds. The van der Waals surface area contributed by atoms with Gasteiger partial charge in [-0.3, -0.25) is 4.98 Å². The second kappa shape index (κ2) is 3.96. The summed E-state index contributed by atoms with van der Waals surface area (Å²) in [6, 6.07) is 2.58. The van der Waals surface area contributed by atoms with E-state index in [0.717, 1.165) is 25.9 Å². The van der Waals surface area contributed by atoms with E-state index in [0.29, 0.717) is 6.04 Å². The van der Waals surface area contributed by atoms with E-state index in [4.69, 9.17) is 5.73 Å². The molecule has 76 valence electrons. The summed E-state index contributed by atoms with van der Waals surface area (Å²) in [6.07, 6.45) is 6.00. The first kappa shape index (κ1) is 9.46. The Morgan fingerprint density at radius 2 is 2.07 bits per heavy atom. The molecule has 14 heavy (non-hydrogen) atoms. The lowest BCUT2D eigenvalue weighted by atomic mass is 10.1. The van der Waals surface area contributed by atoms with Gasteiger partial charge in [0.05, 0.1) is 11.9 Å². The third-order valence-corrected chi connectivity index (χ3v) is 2.77. The van der Waals surface area contributed by atoms with Gasteiger partial charge in [-0.05, 0) is 31.4 Å². The van der Waals surface area contributed by atoms with Gasteiger partial charge < -0.3 is 10.6 Å². The molecule has 2 rings (SSSR count). The Morgan fingerprint density at radius 1 is 1.36 bits per heavy atom. The van der Waals surface area contributed by atoms with Gasteiger partial charge in [-0.25, -0.2) is 0 Å². The van der Waals surface area contributed by atoms with Crippen LogP contribution < -0.4 is 10.6 Å². The zero-order valence-corrected chi connectivity index (χ0v) is 8.61. The predicted molar refractivity (Wildman–Crippen MR) is 58.4 cm³/mol. The fraction of sp³-hybridized carbons (Fsp3) is 0.545. The molecule has 1 aliphatic heterocycles. The first-order valence-electron chi connectivity index (χ1n) is 5.18. The standard InChI is InChI=1S/C11H17N3/c1-9-6-11(8-13-7-9)14-4-2-10(12)3-5-14/h6-8,10H,2-5,12H2,1H3. The Labute approximate surface area is 84.9 Å². The number of nitrogens with zero attached hydrogens (tertiary/aromatic N) is 2. The number of aromatic nitrogens is 1. The van der Waals surface area contributed by atoms with Gasteiger partial charge in [0.2, 0.25) is 0 Å². The maximum absolute atomic E-state index is 5.86. The Bertz CT molecular complexity index is 303. The quantitative estimate of drug-likeness (QED) is 0.728. The van der Waals surface area contributed by atoms with Crippen LogP contribution in [0.5, 0.6) is 0 Å². The lowest BCUT2D eigenvalue weighted by Gasteiger charge is -2.31. The molecule has 3 nitrogen and oxygen atoms in total. The molecule has 0 atom stereocenters. The number of anilines is 1. The summed E-state index contributed by atoms with van der Waals surface area (Å²) in [7, 11) is 0. The van der Waals surface area contributed by atoms with Gasteiger partial charge in [0.1, 0.15) is 0 Å². The Kier molecular flexibility index (Phi) is 2.68. The lowest BCUT2D eigenvalue weighted by Crippen LogP contribution is -2.39. The van der Waals surface area contributed by atoms with Crippen LogP contribution in [0.4, 0.5) is 5.69 Å². The molecule has 0 aliphatic carbocycles. The molecule has 0 unspecified atom stereocenters. The average molecular weight is 191 g/mol. The summed E-state index contributed by atoms with van der Waals surface area (Å²) in [5.41, 5.74) is 8.32. The van der Waals surface area contributed by atoms with Crippen molar-refractivity contribution in [3.05, 3.63) is 24.0 Å². The van der Waals surface area contributed by atoms with Crippen molar-refractivity contribution in [2.75, 3.05) is 18.0 Å². The van der Waals surface area contributed by atoms with E-state index < -0.39 is 0 Å². The van der Waals surface area contributed by atoms with Gasteiger partial charge in [-0.15, -0.1) is 0 Å². The van der Waals surface area contributed by atoms with E-state index in [1.807, 2.05) is 12.4 Å². The minimum absolute atomic E-state index is 0.393. The molecule has 0 bridgehead atoms. The molecule has 1 aromatic heterocycles. The van der Waals surface area contributed by atoms with Crippen molar-refractivity contribution in [3.63, 3.8) is 0 Å². The fourth-order valence-electron chi connectivity index (χ4n) is 1.87. The van der Waals surface area contributed by atoms with Gasteiger partial charge in [0, 0.05) is 25.3 Å². The maximum atomic E-state index is 5.86. The summed E-state index contributed by atoms with van der Waals surface area (Å²) in [6.45, 7) is 4.20. The first-order chi connectivity index (χ1) is 6.75. The summed E-state index contributed by atoms with van der Waals surface area (Å²) < 4.78 is 0. The van der Waals surface area contributed by atoms with Gasteiger partial charge in [-0.1, -0.05) is 0 Å². The highest BCUT2D eigenvalue weighted by Gasteiger charge is 2.16. The molecule has 1 fully saturated rings. The molecule has 0 aromatic carbocycles. The molecule has 0 spiro atoms. The molecular formula is C11H17N3. The van der Waals surface area contributed by atoms with Crippen LogP contribution >= 0.6 is 0 Å². The Hall–Kier alpha value is -1.09. The van der Waals surface area contributed by atoms with Crippen LogP contribution in [0.2, 0.25) is 0 Å². The zero-order chi connectivity index (χ0) is 9.97. The zero-order valence-electron chi connectivity index (χ0n) is 8.61. The number of aryl methyl sites for hydroxylation is 1. The number of piperidine rings is 1. The van der Waals surface area contributed by atoms with E-state index in [9.17, 15) is 0 Å². The van der Waals surface area contributed by atoms with Crippen LogP contribution in [-0.4, -0.2) is 24.1 Å². The van der Waals surface area contributed by atoms with Crippen molar-refractivity contribution in [2.24, 2.45) is 5.73 Å². The van der Waals surface area contributed by atoms with Crippen molar-refractivity contribution in [1.82, 2.24) is 4.98 Å². The van der Waals surface area contributed by atoms with E-state index >= 15 is 0 Å². The van der Waals surface area contributed by atoms with Crippen LogP contribution in [-0.2, 0) is 0 Å². The normalized spacial score (nSPS) is 18.6. The molecule has 2 N–H and O–H groups in total. The van der Waals surface area contributed by atoms with Gasteiger partial charge >= 0.3 is 0 Å². The van der Waals surface area contributed by atoms with Crippen molar-refractivity contribution in [3.8, 4) is 0 Å². The number of hydrogen-bond donors (Lipinski definition) is 1. The second-order valence-electron chi connectivity index (χ2n) is 4.04. The van der Waals surface area contributed by atoms with Crippen LogP contribution in [0.3, 0.4) is 0 Å².